The van der Waals surface area contributed by atoms with Gasteiger partial charge < -0.3 is 30.3 Å². The molecule has 4 aromatic rings. The molecule has 1 aliphatic carbocycles. The number of benzene rings is 1. The van der Waals surface area contributed by atoms with Crippen molar-refractivity contribution in [3.8, 4) is 11.1 Å². The molecule has 0 unspecified atom stereocenters. The molecule has 0 bridgehead atoms. The molecule has 2 fully saturated rings. The van der Waals surface area contributed by atoms with Crippen LogP contribution in [-0.2, 0) is 11.3 Å². The number of hydrogen-bond donors (Lipinski definition) is 3. The average molecular weight is 637 g/mol. The minimum Gasteiger partial charge on any atom is -0.368 e. The number of amides is 1. The number of aromatic nitrogens is 3. The molecule has 2 aliphatic rings. The van der Waals surface area contributed by atoms with Gasteiger partial charge in [0.15, 0.2) is 0 Å². The van der Waals surface area contributed by atoms with Crippen LogP contribution < -0.4 is 26.0 Å². The Bertz CT molecular complexity index is 1770. The van der Waals surface area contributed by atoms with Crippen LogP contribution >= 0.6 is 0 Å². The van der Waals surface area contributed by atoms with Crippen molar-refractivity contribution in [2.75, 3.05) is 54.9 Å². The summed E-state index contributed by atoms with van der Waals surface area (Å²) in [5.74, 6) is 1.80. The SMILES string of the molecule is CCN(c1cc(-c2ccc(N3CCN(C)CC3)nc2)cc2c(NCc3c(C)cc(C)[nH]c3=O)nccc12)C1CCC(NC(C)=O)CC1. The highest BCUT2D eigenvalue weighted by molar-refractivity contribution is 6.03. The first-order valence-electron chi connectivity index (χ1n) is 17.0. The predicted molar refractivity (Wildman–Crippen MR) is 191 cm³/mol. The van der Waals surface area contributed by atoms with E-state index in [-0.39, 0.29) is 17.5 Å². The zero-order chi connectivity index (χ0) is 33.1. The van der Waals surface area contributed by atoms with Gasteiger partial charge in [0.1, 0.15) is 11.6 Å². The smallest absolute Gasteiger partial charge is 0.253 e. The highest BCUT2D eigenvalue weighted by atomic mass is 16.1. The summed E-state index contributed by atoms with van der Waals surface area (Å²) >= 11 is 0. The van der Waals surface area contributed by atoms with E-state index in [2.05, 4.69) is 74.6 Å². The summed E-state index contributed by atoms with van der Waals surface area (Å²) in [7, 11) is 2.16. The number of H-pyrrole nitrogens is 1. The Morgan fingerprint density at radius 2 is 1.74 bits per heavy atom. The number of aryl methyl sites for hydroxylation is 2. The van der Waals surface area contributed by atoms with Gasteiger partial charge in [-0.1, -0.05) is 0 Å². The molecule has 6 rings (SSSR count). The first-order valence-corrected chi connectivity index (χ1v) is 17.0. The Balaban J connectivity index is 1.37. The molecule has 1 saturated carbocycles. The summed E-state index contributed by atoms with van der Waals surface area (Å²) in [5.41, 5.74) is 5.75. The van der Waals surface area contributed by atoms with Gasteiger partial charge in [0.2, 0.25) is 5.91 Å². The highest BCUT2D eigenvalue weighted by Gasteiger charge is 2.27. The van der Waals surface area contributed by atoms with Crippen LogP contribution in [0.4, 0.5) is 17.3 Å². The summed E-state index contributed by atoms with van der Waals surface area (Å²) in [6.07, 6.45) is 7.80. The fourth-order valence-corrected chi connectivity index (χ4v) is 7.31. The number of rotatable bonds is 9. The molecule has 47 heavy (non-hydrogen) atoms. The van der Waals surface area contributed by atoms with Crippen molar-refractivity contribution in [2.24, 2.45) is 0 Å². The van der Waals surface area contributed by atoms with Gasteiger partial charge in [-0.05, 0) is 101 Å². The lowest BCUT2D eigenvalue weighted by atomic mass is 9.89. The second-order valence-electron chi connectivity index (χ2n) is 13.2. The summed E-state index contributed by atoms with van der Waals surface area (Å²) < 4.78 is 0. The molecule has 1 aromatic carbocycles. The molecule has 4 heterocycles. The monoisotopic (exact) mass is 636 g/mol. The average Bonchev–Trinajstić information content (AvgIpc) is 3.05. The number of fused-ring (bicyclic) bond motifs is 1. The standard InChI is InChI=1S/C37H48N8O2/c1-6-45(30-10-8-29(9-11-30)42-26(4)46)34-21-28(27-7-12-35(39-22-27)44-17-15-43(5)16-18-44)20-32-31(34)13-14-38-36(32)40-23-33-24(2)19-25(3)41-37(33)47/h7,12-14,19-22,29-30H,6,8-11,15-18,23H2,1-5H3,(H,38,40)(H,41,47)(H,42,46). The molecule has 3 aromatic heterocycles. The largest absolute Gasteiger partial charge is 0.368 e. The molecule has 248 valence electrons. The Morgan fingerprint density at radius 1 is 0.979 bits per heavy atom. The topological polar surface area (TPSA) is 109 Å². The van der Waals surface area contributed by atoms with Gasteiger partial charge in [0, 0.05) is 104 Å². The van der Waals surface area contributed by atoms with Crippen molar-refractivity contribution < 1.29 is 4.79 Å². The van der Waals surface area contributed by atoms with Crippen molar-refractivity contribution >= 4 is 34.0 Å². The first-order chi connectivity index (χ1) is 22.7. The Hall–Kier alpha value is -4.44. The van der Waals surface area contributed by atoms with Gasteiger partial charge >= 0.3 is 0 Å². The normalized spacial score (nSPS) is 18.7. The van der Waals surface area contributed by atoms with E-state index in [0.29, 0.717) is 18.2 Å². The van der Waals surface area contributed by atoms with Crippen LogP contribution in [0, 0.1) is 13.8 Å². The fraction of sp³-hybridized carbons (Fsp3) is 0.459. The zero-order valence-electron chi connectivity index (χ0n) is 28.4. The molecule has 1 saturated heterocycles. The van der Waals surface area contributed by atoms with Gasteiger partial charge in [-0.15, -0.1) is 0 Å². The molecule has 0 spiro atoms. The van der Waals surface area contributed by atoms with E-state index in [4.69, 9.17) is 9.97 Å². The van der Waals surface area contributed by atoms with Crippen LogP contribution in [0.2, 0.25) is 0 Å². The number of nitrogens with one attached hydrogen (secondary N) is 3. The third-order valence-corrected chi connectivity index (χ3v) is 9.89. The van der Waals surface area contributed by atoms with Gasteiger partial charge in [-0.25, -0.2) is 9.97 Å². The predicted octanol–water partition coefficient (Wildman–Crippen LogP) is 5.24. The van der Waals surface area contributed by atoms with E-state index in [1.807, 2.05) is 32.3 Å². The van der Waals surface area contributed by atoms with E-state index < -0.39 is 0 Å². The molecule has 0 atom stereocenters. The molecular formula is C37H48N8O2. The van der Waals surface area contributed by atoms with Gasteiger partial charge in [0.25, 0.3) is 5.56 Å². The second kappa shape index (κ2) is 14.1. The van der Waals surface area contributed by atoms with Gasteiger partial charge in [-0.3, -0.25) is 9.59 Å². The minimum atomic E-state index is -0.0739. The summed E-state index contributed by atoms with van der Waals surface area (Å²) in [6.45, 7) is 13.0. The molecule has 10 nitrogen and oxygen atoms in total. The summed E-state index contributed by atoms with van der Waals surface area (Å²) in [4.78, 5) is 44.4. The molecule has 10 heteroatoms. The quantitative estimate of drug-likeness (QED) is 0.229. The van der Waals surface area contributed by atoms with Crippen LogP contribution in [0.1, 0.15) is 56.4 Å². The maximum absolute atomic E-state index is 12.8. The van der Waals surface area contributed by atoms with Crippen LogP contribution in [-0.4, -0.2) is 77.6 Å². The number of piperazine rings is 1. The summed E-state index contributed by atoms with van der Waals surface area (Å²) in [5, 5.41) is 8.76. The second-order valence-corrected chi connectivity index (χ2v) is 13.2. The number of pyridine rings is 3. The Morgan fingerprint density at radius 3 is 2.40 bits per heavy atom. The number of anilines is 3. The van der Waals surface area contributed by atoms with Crippen LogP contribution in [0.5, 0.6) is 0 Å². The van der Waals surface area contributed by atoms with Crippen LogP contribution in [0.25, 0.3) is 21.9 Å². The number of carbonyl (C=O) groups excluding carboxylic acids is 1. The maximum Gasteiger partial charge on any atom is 0.253 e. The maximum atomic E-state index is 12.8. The first kappa shape index (κ1) is 32.5. The lowest BCUT2D eigenvalue weighted by molar-refractivity contribution is -0.119. The Labute approximate surface area is 277 Å². The third-order valence-electron chi connectivity index (χ3n) is 9.89. The van der Waals surface area contributed by atoms with Crippen LogP contribution in [0.3, 0.4) is 0 Å². The van der Waals surface area contributed by atoms with Gasteiger partial charge in [-0.2, -0.15) is 0 Å². The number of likely N-dealkylation sites (N-methyl/N-ethyl adjacent to an activating group) is 1. The van der Waals surface area contributed by atoms with Crippen molar-refractivity contribution in [3.63, 3.8) is 0 Å². The number of aromatic amines is 1. The lowest BCUT2D eigenvalue weighted by Crippen LogP contribution is -2.44. The van der Waals surface area contributed by atoms with Gasteiger partial charge in [0.05, 0.1) is 0 Å². The molecule has 0 radical (unpaired) electrons. The number of carbonyl (C=O) groups is 1. The van der Waals surface area contributed by atoms with E-state index in [1.54, 1.807) is 6.92 Å². The minimum absolute atomic E-state index is 0.0436. The molecular weight excluding hydrogens is 588 g/mol. The van der Waals surface area contributed by atoms with E-state index in [1.165, 1.54) is 5.69 Å². The van der Waals surface area contributed by atoms with Crippen molar-refractivity contribution in [2.45, 2.75) is 72.0 Å². The number of hydrogen-bond acceptors (Lipinski definition) is 8. The van der Waals surface area contributed by atoms with Crippen molar-refractivity contribution in [1.29, 1.82) is 0 Å². The lowest BCUT2D eigenvalue weighted by Gasteiger charge is -2.39. The Kier molecular flexibility index (Phi) is 9.77. The third kappa shape index (κ3) is 7.27. The molecule has 3 N–H and O–H groups in total. The fourth-order valence-electron chi connectivity index (χ4n) is 7.31. The van der Waals surface area contributed by atoms with E-state index in [0.717, 1.165) is 103 Å². The summed E-state index contributed by atoms with van der Waals surface area (Å²) in [6, 6.07) is 13.5. The van der Waals surface area contributed by atoms with Crippen molar-refractivity contribution in [1.82, 2.24) is 25.2 Å². The van der Waals surface area contributed by atoms with E-state index in [9.17, 15) is 9.59 Å². The molecule has 1 amide bonds. The van der Waals surface area contributed by atoms with Crippen LogP contribution in [0.15, 0.2) is 53.6 Å². The van der Waals surface area contributed by atoms with Crippen molar-refractivity contribution in [3.05, 3.63) is 76.0 Å². The number of nitrogens with zero attached hydrogens (tertiary/aromatic N) is 5. The van der Waals surface area contributed by atoms with E-state index >= 15 is 0 Å². The molecule has 1 aliphatic heterocycles. The zero-order valence-corrected chi connectivity index (χ0v) is 28.4. The highest BCUT2D eigenvalue weighted by Crippen LogP contribution is 2.39.